The molecule has 1 saturated heterocycles. The van der Waals surface area contributed by atoms with Crippen LogP contribution in [0.1, 0.15) is 12.8 Å². The zero-order valence-corrected chi connectivity index (χ0v) is 17.0. The van der Waals surface area contributed by atoms with Gasteiger partial charge in [0.25, 0.3) is 5.91 Å². The van der Waals surface area contributed by atoms with Crippen LogP contribution in [-0.4, -0.2) is 36.4 Å². The molecule has 150 valence electrons. The Kier molecular flexibility index (Phi) is 5.14. The summed E-state index contributed by atoms with van der Waals surface area (Å²) in [6, 6.07) is 12.1. The van der Waals surface area contributed by atoms with E-state index in [0.717, 1.165) is 4.90 Å². The summed E-state index contributed by atoms with van der Waals surface area (Å²) < 4.78 is 10.5. The van der Waals surface area contributed by atoms with Crippen LogP contribution in [0.15, 0.2) is 47.4 Å². The minimum absolute atomic E-state index is 0.132. The van der Waals surface area contributed by atoms with Crippen LogP contribution in [0, 0.1) is 0 Å². The van der Waals surface area contributed by atoms with Gasteiger partial charge in [-0.1, -0.05) is 35.5 Å². The highest BCUT2D eigenvalue weighted by atomic mass is 35.5. The van der Waals surface area contributed by atoms with Crippen LogP contribution in [0.2, 0.25) is 5.02 Å². The Morgan fingerprint density at radius 3 is 2.86 bits per heavy atom. The van der Waals surface area contributed by atoms with Crippen molar-refractivity contribution in [1.29, 1.82) is 0 Å². The lowest BCUT2D eigenvalue weighted by Gasteiger charge is -2.28. The zero-order valence-electron chi connectivity index (χ0n) is 15.4. The van der Waals surface area contributed by atoms with Crippen LogP contribution in [0.4, 0.5) is 11.4 Å². The molecule has 2 heterocycles. The first-order chi connectivity index (χ1) is 13.9. The van der Waals surface area contributed by atoms with E-state index in [1.165, 1.54) is 23.8 Å². The standard InChI is InChI=1S/C20H17ClN2O5S/c1-27-15-7-6-12(21)10-13(15)22-17(24)11-28-19(26)20-9-8-18(25)23(20)14-4-2-3-5-16(14)29-20/h2-7,10H,8-9,11H2,1H3,(H,22,24)/t20-/m1/s1. The van der Waals surface area contributed by atoms with Crippen LogP contribution in [0.5, 0.6) is 5.75 Å². The Labute approximate surface area is 176 Å². The minimum Gasteiger partial charge on any atom is -0.495 e. The van der Waals surface area contributed by atoms with Gasteiger partial charge in [0.1, 0.15) is 5.75 Å². The van der Waals surface area contributed by atoms with Gasteiger partial charge in [0.2, 0.25) is 5.91 Å². The number of nitrogens with zero attached hydrogens (tertiary/aromatic N) is 1. The number of ether oxygens (including phenoxy) is 2. The van der Waals surface area contributed by atoms with Crippen molar-refractivity contribution in [2.24, 2.45) is 0 Å². The molecule has 2 amide bonds. The predicted octanol–water partition coefficient (Wildman–Crippen LogP) is 3.46. The molecule has 0 bridgehead atoms. The number of esters is 1. The fourth-order valence-corrected chi connectivity index (χ4v) is 5.06. The number of anilines is 2. The van der Waals surface area contributed by atoms with Crippen LogP contribution < -0.4 is 15.0 Å². The molecule has 4 rings (SSSR count). The van der Waals surface area contributed by atoms with Crippen molar-refractivity contribution in [2.75, 3.05) is 23.9 Å². The normalized spacial score (nSPS) is 19.5. The van der Waals surface area contributed by atoms with Gasteiger partial charge in [-0.05, 0) is 30.3 Å². The molecule has 29 heavy (non-hydrogen) atoms. The second-order valence-corrected chi connectivity index (χ2v) is 8.31. The van der Waals surface area contributed by atoms with E-state index in [-0.39, 0.29) is 12.3 Å². The Hall–Kier alpha value is -2.71. The van der Waals surface area contributed by atoms with Crippen molar-refractivity contribution >= 4 is 52.5 Å². The lowest BCUT2D eigenvalue weighted by atomic mass is 10.2. The number of carbonyl (C=O) groups is 3. The van der Waals surface area contributed by atoms with Crippen molar-refractivity contribution in [3.05, 3.63) is 47.5 Å². The summed E-state index contributed by atoms with van der Waals surface area (Å²) in [6.07, 6.45) is 0.579. The number of carbonyl (C=O) groups excluding carboxylic acids is 3. The highest BCUT2D eigenvalue weighted by Gasteiger charge is 2.58. The van der Waals surface area contributed by atoms with E-state index in [4.69, 9.17) is 21.1 Å². The molecule has 1 atom stereocenters. The number of nitrogens with one attached hydrogen (secondary N) is 1. The number of thioether (sulfide) groups is 1. The minimum atomic E-state index is -1.16. The fraction of sp³-hybridized carbons (Fsp3) is 0.250. The summed E-state index contributed by atoms with van der Waals surface area (Å²) in [6.45, 7) is -0.491. The van der Waals surface area contributed by atoms with E-state index < -0.39 is 23.4 Å². The van der Waals surface area contributed by atoms with Gasteiger partial charge < -0.3 is 14.8 Å². The molecule has 0 aromatic heterocycles. The van der Waals surface area contributed by atoms with E-state index >= 15 is 0 Å². The first-order valence-electron chi connectivity index (χ1n) is 8.86. The zero-order chi connectivity index (χ0) is 20.6. The predicted molar refractivity (Wildman–Crippen MR) is 109 cm³/mol. The van der Waals surface area contributed by atoms with E-state index in [1.807, 2.05) is 18.2 Å². The third kappa shape index (κ3) is 3.42. The van der Waals surface area contributed by atoms with Crippen LogP contribution in [0.3, 0.4) is 0 Å². The van der Waals surface area contributed by atoms with Gasteiger partial charge in [0, 0.05) is 22.8 Å². The van der Waals surface area contributed by atoms with Gasteiger partial charge in [-0.15, -0.1) is 0 Å². The van der Waals surface area contributed by atoms with E-state index in [2.05, 4.69) is 5.32 Å². The van der Waals surface area contributed by atoms with E-state index in [1.54, 1.807) is 24.3 Å². The monoisotopic (exact) mass is 432 g/mol. The quantitative estimate of drug-likeness (QED) is 0.728. The second kappa shape index (κ2) is 7.61. The van der Waals surface area contributed by atoms with Crippen molar-refractivity contribution in [3.8, 4) is 5.75 Å². The summed E-state index contributed by atoms with van der Waals surface area (Å²) in [4.78, 5) is 38.8. The van der Waals surface area contributed by atoms with Gasteiger partial charge in [0.05, 0.1) is 18.5 Å². The van der Waals surface area contributed by atoms with Crippen molar-refractivity contribution in [2.45, 2.75) is 22.6 Å². The van der Waals surface area contributed by atoms with Crippen molar-refractivity contribution in [1.82, 2.24) is 0 Å². The van der Waals surface area contributed by atoms with Gasteiger partial charge in [-0.25, -0.2) is 4.79 Å². The summed E-state index contributed by atoms with van der Waals surface area (Å²) in [5.41, 5.74) is 1.07. The molecule has 1 N–H and O–H groups in total. The number of methoxy groups -OCH3 is 1. The van der Waals surface area contributed by atoms with Crippen molar-refractivity contribution in [3.63, 3.8) is 0 Å². The summed E-state index contributed by atoms with van der Waals surface area (Å²) >= 11 is 7.25. The molecule has 2 aliphatic rings. The molecule has 7 nitrogen and oxygen atoms in total. The maximum Gasteiger partial charge on any atom is 0.344 e. The molecular formula is C20H17ClN2O5S. The molecule has 0 saturated carbocycles. The van der Waals surface area contributed by atoms with Crippen molar-refractivity contribution < 1.29 is 23.9 Å². The second-order valence-electron chi connectivity index (χ2n) is 6.55. The molecule has 2 aromatic carbocycles. The highest BCUT2D eigenvalue weighted by molar-refractivity contribution is 8.02. The first-order valence-corrected chi connectivity index (χ1v) is 10.1. The Balaban J connectivity index is 1.46. The molecule has 2 aliphatic heterocycles. The summed E-state index contributed by atoms with van der Waals surface area (Å²) in [5, 5.41) is 3.05. The number of fused-ring (bicyclic) bond motifs is 3. The van der Waals surface area contributed by atoms with Gasteiger partial charge >= 0.3 is 5.97 Å². The largest absolute Gasteiger partial charge is 0.495 e. The van der Waals surface area contributed by atoms with E-state index in [0.29, 0.717) is 28.6 Å². The van der Waals surface area contributed by atoms with E-state index in [9.17, 15) is 14.4 Å². The molecule has 2 aromatic rings. The summed E-state index contributed by atoms with van der Waals surface area (Å²) in [5.74, 6) is -0.848. The van der Waals surface area contributed by atoms with Gasteiger partial charge in [-0.2, -0.15) is 0 Å². The van der Waals surface area contributed by atoms with Gasteiger partial charge in [-0.3, -0.25) is 14.5 Å². The third-order valence-electron chi connectivity index (χ3n) is 4.76. The topological polar surface area (TPSA) is 84.9 Å². The number of halogens is 1. The molecular weight excluding hydrogens is 416 g/mol. The van der Waals surface area contributed by atoms with Crippen LogP contribution in [-0.2, 0) is 19.1 Å². The highest BCUT2D eigenvalue weighted by Crippen LogP contribution is 2.56. The summed E-state index contributed by atoms with van der Waals surface area (Å²) in [7, 11) is 1.47. The number of hydrogen-bond acceptors (Lipinski definition) is 6. The SMILES string of the molecule is COc1ccc(Cl)cc1NC(=O)COC(=O)[C@]12CCC(=O)N1c1ccccc1S2. The molecule has 0 spiro atoms. The number of para-hydroxylation sites is 1. The fourth-order valence-electron chi connectivity index (χ4n) is 3.48. The average molecular weight is 433 g/mol. The maximum atomic E-state index is 12.9. The number of amides is 2. The number of benzene rings is 2. The lowest BCUT2D eigenvalue weighted by Crippen LogP contribution is -2.48. The number of rotatable bonds is 5. The molecule has 1 fully saturated rings. The average Bonchev–Trinajstić information content (AvgIpc) is 3.22. The molecule has 0 radical (unpaired) electrons. The van der Waals surface area contributed by atoms with Crippen LogP contribution in [0.25, 0.3) is 0 Å². The first kappa shape index (κ1) is 19.6. The molecule has 0 unspecified atom stereocenters. The molecule has 9 heteroatoms. The smallest absolute Gasteiger partial charge is 0.344 e. The maximum absolute atomic E-state index is 12.9. The third-order valence-corrected chi connectivity index (χ3v) is 6.45. The Bertz CT molecular complexity index is 1010. The van der Waals surface area contributed by atoms with Gasteiger partial charge in [0.15, 0.2) is 11.5 Å². The Morgan fingerprint density at radius 2 is 2.07 bits per heavy atom. The number of hydrogen-bond donors (Lipinski definition) is 1. The lowest BCUT2D eigenvalue weighted by molar-refractivity contribution is -0.149. The molecule has 0 aliphatic carbocycles. The van der Waals surface area contributed by atoms with Crippen LogP contribution >= 0.6 is 23.4 Å². The Morgan fingerprint density at radius 1 is 1.28 bits per heavy atom.